The van der Waals surface area contributed by atoms with E-state index in [9.17, 15) is 9.59 Å². The summed E-state index contributed by atoms with van der Waals surface area (Å²) in [7, 11) is 0. The highest BCUT2D eigenvalue weighted by Crippen LogP contribution is 2.39. The molecule has 0 aliphatic carbocycles. The molecule has 0 saturated carbocycles. The first-order valence-corrected chi connectivity index (χ1v) is 11.9. The maximum atomic E-state index is 12.6. The average molecular weight is 435 g/mol. The Morgan fingerprint density at radius 1 is 1.07 bits per heavy atom. The number of carbonyl (C=O) groups excluding carboxylic acids is 2. The third-order valence-electron chi connectivity index (χ3n) is 4.95. The van der Waals surface area contributed by atoms with Gasteiger partial charge in [0.1, 0.15) is 5.37 Å². The zero-order valence-electron chi connectivity index (χ0n) is 16.6. The van der Waals surface area contributed by atoms with E-state index >= 15 is 0 Å². The standard InChI is InChI=1S/C24H22N2O2S2/c1-29-21-9-5-8-20(14-21)25-23(28)18-10-12-19(13-11-18)24-26(22(27)16-30-24)15-17-6-3-2-4-7-17/h2-14,24H,15-16H2,1H3,(H,25,28)/t24-/m1/s1. The minimum absolute atomic E-state index is 0.0342. The number of hydrogen-bond acceptors (Lipinski definition) is 4. The molecule has 1 aliphatic rings. The first kappa shape index (κ1) is 20.6. The zero-order valence-corrected chi connectivity index (χ0v) is 18.2. The highest BCUT2D eigenvalue weighted by Gasteiger charge is 2.32. The fraction of sp³-hybridized carbons (Fsp3) is 0.167. The van der Waals surface area contributed by atoms with Crippen molar-refractivity contribution in [3.63, 3.8) is 0 Å². The molecule has 2 amide bonds. The number of anilines is 1. The summed E-state index contributed by atoms with van der Waals surface area (Å²) in [5, 5.41) is 2.91. The highest BCUT2D eigenvalue weighted by molar-refractivity contribution is 8.00. The van der Waals surface area contributed by atoms with Crippen molar-refractivity contribution in [1.82, 2.24) is 4.90 Å². The lowest BCUT2D eigenvalue weighted by molar-refractivity contribution is -0.128. The molecule has 0 radical (unpaired) electrons. The Morgan fingerprint density at radius 2 is 1.83 bits per heavy atom. The van der Waals surface area contributed by atoms with Crippen LogP contribution in [0.1, 0.15) is 26.9 Å². The molecule has 1 heterocycles. The van der Waals surface area contributed by atoms with Crippen LogP contribution in [-0.2, 0) is 11.3 Å². The van der Waals surface area contributed by atoms with Crippen molar-refractivity contribution in [2.24, 2.45) is 0 Å². The van der Waals surface area contributed by atoms with E-state index in [2.05, 4.69) is 5.32 Å². The number of nitrogens with one attached hydrogen (secondary N) is 1. The number of benzene rings is 3. The summed E-state index contributed by atoms with van der Waals surface area (Å²) >= 11 is 3.26. The van der Waals surface area contributed by atoms with Crippen molar-refractivity contribution < 1.29 is 9.59 Å². The topological polar surface area (TPSA) is 49.4 Å². The smallest absolute Gasteiger partial charge is 0.255 e. The van der Waals surface area contributed by atoms with Crippen LogP contribution in [0.2, 0.25) is 0 Å². The van der Waals surface area contributed by atoms with E-state index in [1.807, 2.05) is 90.0 Å². The van der Waals surface area contributed by atoms with Crippen molar-refractivity contribution in [2.75, 3.05) is 17.3 Å². The highest BCUT2D eigenvalue weighted by atomic mass is 32.2. The largest absolute Gasteiger partial charge is 0.322 e. The van der Waals surface area contributed by atoms with Gasteiger partial charge in [0.25, 0.3) is 5.91 Å². The summed E-state index contributed by atoms with van der Waals surface area (Å²) in [6, 6.07) is 25.3. The van der Waals surface area contributed by atoms with E-state index < -0.39 is 0 Å². The molecule has 1 atom stereocenters. The predicted octanol–water partition coefficient (Wildman–Crippen LogP) is 5.44. The van der Waals surface area contributed by atoms with E-state index in [0.29, 0.717) is 17.9 Å². The number of rotatable bonds is 6. The van der Waals surface area contributed by atoms with Gasteiger partial charge < -0.3 is 10.2 Å². The van der Waals surface area contributed by atoms with Gasteiger partial charge in [-0.2, -0.15) is 0 Å². The van der Waals surface area contributed by atoms with Crippen LogP contribution >= 0.6 is 23.5 Å². The number of amides is 2. The first-order valence-electron chi connectivity index (χ1n) is 9.64. The molecule has 4 nitrogen and oxygen atoms in total. The summed E-state index contributed by atoms with van der Waals surface area (Å²) < 4.78 is 0. The van der Waals surface area contributed by atoms with Crippen molar-refractivity contribution >= 4 is 41.0 Å². The molecule has 1 fully saturated rings. The van der Waals surface area contributed by atoms with Crippen LogP contribution in [0.4, 0.5) is 5.69 Å². The second kappa shape index (κ2) is 9.41. The van der Waals surface area contributed by atoms with Gasteiger partial charge in [-0.05, 0) is 47.7 Å². The molecule has 0 aromatic heterocycles. The van der Waals surface area contributed by atoms with E-state index in [0.717, 1.165) is 21.7 Å². The summed E-state index contributed by atoms with van der Waals surface area (Å²) in [6.07, 6.45) is 2.01. The van der Waals surface area contributed by atoms with Crippen molar-refractivity contribution in [1.29, 1.82) is 0 Å². The lowest BCUT2D eigenvalue weighted by atomic mass is 10.1. The number of carbonyl (C=O) groups is 2. The van der Waals surface area contributed by atoms with Crippen LogP contribution in [0.3, 0.4) is 0 Å². The first-order chi connectivity index (χ1) is 14.6. The summed E-state index contributed by atoms with van der Waals surface area (Å²) in [5.74, 6) is 0.478. The predicted molar refractivity (Wildman–Crippen MR) is 125 cm³/mol. The molecule has 6 heteroatoms. The Hall–Kier alpha value is -2.70. The third kappa shape index (κ3) is 4.71. The van der Waals surface area contributed by atoms with Gasteiger partial charge in [0.2, 0.25) is 5.91 Å². The average Bonchev–Trinajstić information content (AvgIpc) is 3.14. The van der Waals surface area contributed by atoms with E-state index in [1.165, 1.54) is 0 Å². The number of nitrogens with zero attached hydrogens (tertiary/aromatic N) is 1. The number of hydrogen-bond donors (Lipinski definition) is 1. The zero-order chi connectivity index (χ0) is 20.9. The third-order valence-corrected chi connectivity index (χ3v) is 6.93. The molecule has 0 spiro atoms. The number of thioether (sulfide) groups is 2. The van der Waals surface area contributed by atoms with Gasteiger partial charge in [0.05, 0.1) is 5.75 Å². The molecule has 1 aliphatic heterocycles. The van der Waals surface area contributed by atoms with Crippen LogP contribution in [0.5, 0.6) is 0 Å². The molecule has 4 rings (SSSR count). The lowest BCUT2D eigenvalue weighted by Gasteiger charge is -2.24. The van der Waals surface area contributed by atoms with Crippen molar-refractivity contribution in [2.45, 2.75) is 16.8 Å². The second-order valence-corrected chi connectivity index (χ2v) is 8.93. The molecule has 3 aromatic rings. The van der Waals surface area contributed by atoms with E-state index in [1.54, 1.807) is 23.5 Å². The fourth-order valence-electron chi connectivity index (χ4n) is 3.38. The Bertz CT molecular complexity index is 1040. The Labute approximate surface area is 185 Å². The van der Waals surface area contributed by atoms with Crippen LogP contribution in [0, 0.1) is 0 Å². The minimum Gasteiger partial charge on any atom is -0.322 e. The molecule has 3 aromatic carbocycles. The lowest BCUT2D eigenvalue weighted by Crippen LogP contribution is -2.27. The summed E-state index contributed by atoms with van der Waals surface area (Å²) in [5.41, 5.74) is 3.52. The van der Waals surface area contributed by atoms with Crippen molar-refractivity contribution in [3.05, 3.63) is 95.6 Å². The van der Waals surface area contributed by atoms with Gasteiger partial charge in [-0.1, -0.05) is 48.5 Å². The normalized spacial score (nSPS) is 16.0. The molecular weight excluding hydrogens is 412 g/mol. The molecule has 1 saturated heterocycles. The van der Waals surface area contributed by atoms with Crippen molar-refractivity contribution in [3.8, 4) is 0 Å². The summed E-state index contributed by atoms with van der Waals surface area (Å²) in [4.78, 5) is 28.1. The molecule has 0 bridgehead atoms. The Morgan fingerprint density at radius 3 is 2.57 bits per heavy atom. The van der Waals surface area contributed by atoms with Crippen LogP contribution in [0.15, 0.2) is 83.8 Å². The molecule has 30 heavy (non-hydrogen) atoms. The maximum Gasteiger partial charge on any atom is 0.255 e. The Kier molecular flexibility index (Phi) is 6.45. The van der Waals surface area contributed by atoms with Gasteiger partial charge in [-0.25, -0.2) is 0 Å². The molecular formula is C24H22N2O2S2. The van der Waals surface area contributed by atoms with Gasteiger partial charge in [0.15, 0.2) is 0 Å². The SMILES string of the molecule is CSc1cccc(NC(=O)c2ccc([C@H]3SCC(=O)N3Cc3ccccc3)cc2)c1. The maximum absolute atomic E-state index is 12.6. The fourth-order valence-corrected chi connectivity index (χ4v) is 5.03. The second-order valence-electron chi connectivity index (χ2n) is 6.98. The van der Waals surface area contributed by atoms with E-state index in [4.69, 9.17) is 0 Å². The molecule has 152 valence electrons. The van der Waals surface area contributed by atoms with Crippen LogP contribution in [0.25, 0.3) is 0 Å². The monoisotopic (exact) mass is 434 g/mol. The van der Waals surface area contributed by atoms with Gasteiger partial charge in [0, 0.05) is 22.7 Å². The quantitative estimate of drug-likeness (QED) is 0.525. The molecule has 0 unspecified atom stereocenters. The summed E-state index contributed by atoms with van der Waals surface area (Å²) in [6.45, 7) is 0.589. The van der Waals surface area contributed by atoms with Crippen LogP contribution < -0.4 is 5.32 Å². The van der Waals surface area contributed by atoms with Gasteiger partial charge in [-0.3, -0.25) is 9.59 Å². The van der Waals surface area contributed by atoms with Crippen LogP contribution in [-0.4, -0.2) is 28.7 Å². The Balaban J connectivity index is 1.46. The van der Waals surface area contributed by atoms with Gasteiger partial charge in [-0.15, -0.1) is 23.5 Å². The van der Waals surface area contributed by atoms with Gasteiger partial charge >= 0.3 is 0 Å². The van der Waals surface area contributed by atoms with E-state index in [-0.39, 0.29) is 17.2 Å². The minimum atomic E-state index is -0.143. The molecule has 1 N–H and O–H groups in total.